The van der Waals surface area contributed by atoms with Crippen LogP contribution in [0.4, 0.5) is 0 Å². The summed E-state index contributed by atoms with van der Waals surface area (Å²) >= 11 is 0. The maximum absolute atomic E-state index is 13.0. The van der Waals surface area contributed by atoms with Crippen molar-refractivity contribution in [3.63, 3.8) is 0 Å². The van der Waals surface area contributed by atoms with Crippen molar-refractivity contribution in [3.8, 4) is 0 Å². The number of hydrogen-bond acceptors (Lipinski definition) is 3. The van der Waals surface area contributed by atoms with Crippen LogP contribution in [0.15, 0.2) is 48.5 Å². The molecule has 0 radical (unpaired) electrons. The molecule has 5 heteroatoms. The van der Waals surface area contributed by atoms with E-state index in [0.29, 0.717) is 29.7 Å². The van der Waals surface area contributed by atoms with Crippen molar-refractivity contribution in [2.24, 2.45) is 0 Å². The number of carbonyl (C=O) groups excluding carboxylic acids is 2. The van der Waals surface area contributed by atoms with Gasteiger partial charge >= 0.3 is 5.97 Å². The van der Waals surface area contributed by atoms with Crippen molar-refractivity contribution >= 4 is 17.7 Å². The summed E-state index contributed by atoms with van der Waals surface area (Å²) in [6.45, 7) is 2.46. The molecule has 2 aromatic rings. The monoisotopic (exact) mass is 351 g/mol. The number of amides is 1. The van der Waals surface area contributed by atoms with Gasteiger partial charge in [-0.05, 0) is 25.8 Å². The first kappa shape index (κ1) is 17.9. The van der Waals surface area contributed by atoms with E-state index >= 15 is 0 Å². The number of carboxylic acids is 1. The van der Waals surface area contributed by atoms with Crippen molar-refractivity contribution in [1.29, 1.82) is 0 Å². The molecule has 1 aliphatic heterocycles. The van der Waals surface area contributed by atoms with Gasteiger partial charge in [-0.3, -0.25) is 14.4 Å². The fourth-order valence-corrected chi connectivity index (χ4v) is 3.40. The van der Waals surface area contributed by atoms with Crippen molar-refractivity contribution in [2.75, 3.05) is 6.54 Å². The summed E-state index contributed by atoms with van der Waals surface area (Å²) in [5, 5.41) is 9.07. The van der Waals surface area contributed by atoms with Crippen LogP contribution in [0.2, 0.25) is 0 Å². The number of carboxylic acid groups (broad SMARTS) is 1. The zero-order chi connectivity index (χ0) is 18.7. The van der Waals surface area contributed by atoms with Crippen LogP contribution in [0.3, 0.4) is 0 Å². The van der Waals surface area contributed by atoms with Crippen LogP contribution >= 0.6 is 0 Å². The molecule has 3 rings (SSSR count). The topological polar surface area (TPSA) is 74.7 Å². The molecule has 1 saturated heterocycles. The van der Waals surface area contributed by atoms with Gasteiger partial charge in [-0.15, -0.1) is 0 Å². The summed E-state index contributed by atoms with van der Waals surface area (Å²) in [5.41, 5.74) is 2.26. The van der Waals surface area contributed by atoms with E-state index in [0.717, 1.165) is 12.0 Å². The third kappa shape index (κ3) is 3.67. The van der Waals surface area contributed by atoms with Crippen LogP contribution < -0.4 is 0 Å². The third-order valence-corrected chi connectivity index (χ3v) is 4.76. The Kier molecular flexibility index (Phi) is 5.16. The van der Waals surface area contributed by atoms with E-state index < -0.39 is 5.97 Å². The van der Waals surface area contributed by atoms with Crippen LogP contribution in [0.1, 0.15) is 51.1 Å². The Morgan fingerprint density at radius 1 is 1.04 bits per heavy atom. The molecule has 0 saturated carbocycles. The van der Waals surface area contributed by atoms with Crippen molar-refractivity contribution in [2.45, 2.75) is 32.2 Å². The van der Waals surface area contributed by atoms with Crippen LogP contribution in [0.5, 0.6) is 0 Å². The summed E-state index contributed by atoms with van der Waals surface area (Å²) < 4.78 is 0. The Bertz CT molecular complexity index is 841. The van der Waals surface area contributed by atoms with Gasteiger partial charge < -0.3 is 10.0 Å². The van der Waals surface area contributed by atoms with E-state index in [1.54, 1.807) is 41.3 Å². The summed E-state index contributed by atoms with van der Waals surface area (Å²) in [7, 11) is 0. The number of aryl methyl sites for hydroxylation is 1. The lowest BCUT2D eigenvalue weighted by Crippen LogP contribution is -2.37. The molecule has 1 atom stereocenters. The molecule has 5 nitrogen and oxygen atoms in total. The molecule has 1 aliphatic rings. The fraction of sp³-hybridized carbons (Fsp3) is 0.286. The van der Waals surface area contributed by atoms with Crippen molar-refractivity contribution in [1.82, 2.24) is 4.90 Å². The average Bonchev–Trinajstić information content (AvgIpc) is 3.08. The molecule has 1 heterocycles. The van der Waals surface area contributed by atoms with Gasteiger partial charge in [0.25, 0.3) is 5.91 Å². The van der Waals surface area contributed by atoms with E-state index in [9.17, 15) is 14.4 Å². The predicted molar refractivity (Wildman–Crippen MR) is 97.4 cm³/mol. The second-order valence-electron chi connectivity index (χ2n) is 6.63. The molecule has 2 aromatic carbocycles. The van der Waals surface area contributed by atoms with E-state index in [1.165, 1.54) is 0 Å². The molecular weight excluding hydrogens is 330 g/mol. The largest absolute Gasteiger partial charge is 0.481 e. The second kappa shape index (κ2) is 7.52. The fourth-order valence-electron chi connectivity index (χ4n) is 3.40. The number of benzene rings is 2. The Hall–Kier alpha value is -2.95. The maximum atomic E-state index is 13.0. The highest BCUT2D eigenvalue weighted by atomic mass is 16.4. The molecule has 134 valence electrons. The highest BCUT2D eigenvalue weighted by Crippen LogP contribution is 2.25. The molecule has 0 aliphatic carbocycles. The highest BCUT2D eigenvalue weighted by molar-refractivity contribution is 6.15. The van der Waals surface area contributed by atoms with Gasteiger partial charge in [-0.2, -0.15) is 0 Å². The molecule has 1 amide bonds. The smallest absolute Gasteiger partial charge is 0.305 e. The number of carbonyl (C=O) groups is 3. The Balaban J connectivity index is 1.91. The van der Waals surface area contributed by atoms with Crippen molar-refractivity contribution in [3.05, 3.63) is 70.8 Å². The van der Waals surface area contributed by atoms with Crippen molar-refractivity contribution < 1.29 is 19.5 Å². The van der Waals surface area contributed by atoms with Gasteiger partial charge in [0.2, 0.25) is 0 Å². The molecular formula is C21H21NO4. The van der Waals surface area contributed by atoms with Gasteiger partial charge in [-0.1, -0.05) is 48.0 Å². The summed E-state index contributed by atoms with van der Waals surface area (Å²) in [6, 6.07) is 13.7. The number of aliphatic carboxylic acids is 1. The van der Waals surface area contributed by atoms with Crippen LogP contribution in [-0.4, -0.2) is 40.3 Å². The molecule has 0 spiro atoms. The minimum Gasteiger partial charge on any atom is -0.481 e. The number of rotatable bonds is 5. The van der Waals surface area contributed by atoms with Crippen LogP contribution in [0, 0.1) is 6.92 Å². The predicted octanol–water partition coefficient (Wildman–Crippen LogP) is 3.31. The van der Waals surface area contributed by atoms with Crippen LogP contribution in [0.25, 0.3) is 0 Å². The standard InChI is InChI=1S/C21H21NO4/c1-14-8-10-15(11-9-14)20(25)17-6-2-3-7-18(17)21(26)22-12-4-5-16(22)13-19(23)24/h2-3,6-11,16H,4-5,12-13H2,1H3,(H,23,24). The molecule has 1 unspecified atom stereocenters. The quantitative estimate of drug-likeness (QED) is 0.839. The van der Waals surface area contributed by atoms with Gasteiger partial charge in [0.15, 0.2) is 5.78 Å². The normalized spacial score (nSPS) is 16.5. The highest BCUT2D eigenvalue weighted by Gasteiger charge is 2.32. The summed E-state index contributed by atoms with van der Waals surface area (Å²) in [4.78, 5) is 38.6. The molecule has 26 heavy (non-hydrogen) atoms. The van der Waals surface area contributed by atoms with Gasteiger partial charge in [0.1, 0.15) is 0 Å². The summed E-state index contributed by atoms with van der Waals surface area (Å²) in [6.07, 6.45) is 1.38. The zero-order valence-corrected chi connectivity index (χ0v) is 14.6. The molecule has 0 aromatic heterocycles. The SMILES string of the molecule is Cc1ccc(C(=O)c2ccccc2C(=O)N2CCCC2CC(=O)O)cc1. The molecule has 1 N–H and O–H groups in total. The summed E-state index contributed by atoms with van der Waals surface area (Å²) in [5.74, 6) is -1.40. The third-order valence-electron chi connectivity index (χ3n) is 4.76. The zero-order valence-electron chi connectivity index (χ0n) is 14.6. The van der Waals surface area contributed by atoms with Gasteiger partial charge in [0, 0.05) is 23.7 Å². The van der Waals surface area contributed by atoms with Gasteiger partial charge in [-0.25, -0.2) is 0 Å². The molecule has 1 fully saturated rings. The van der Waals surface area contributed by atoms with E-state index in [4.69, 9.17) is 5.11 Å². The van der Waals surface area contributed by atoms with Crippen LogP contribution in [-0.2, 0) is 4.79 Å². The van der Waals surface area contributed by atoms with E-state index in [1.807, 2.05) is 19.1 Å². The first-order chi connectivity index (χ1) is 12.5. The lowest BCUT2D eigenvalue weighted by atomic mass is 9.96. The second-order valence-corrected chi connectivity index (χ2v) is 6.63. The number of likely N-dealkylation sites (tertiary alicyclic amines) is 1. The first-order valence-electron chi connectivity index (χ1n) is 8.70. The van der Waals surface area contributed by atoms with E-state index in [2.05, 4.69) is 0 Å². The number of hydrogen-bond donors (Lipinski definition) is 1. The average molecular weight is 351 g/mol. The van der Waals surface area contributed by atoms with E-state index in [-0.39, 0.29) is 24.2 Å². The molecule has 0 bridgehead atoms. The lowest BCUT2D eigenvalue weighted by Gasteiger charge is -2.24. The minimum absolute atomic E-state index is 0.0696. The number of nitrogens with zero attached hydrogens (tertiary/aromatic N) is 1. The Labute approximate surface area is 152 Å². The van der Waals surface area contributed by atoms with Gasteiger partial charge in [0.05, 0.1) is 12.0 Å². The Morgan fingerprint density at radius 2 is 1.69 bits per heavy atom. The number of ketones is 1. The minimum atomic E-state index is -0.918. The maximum Gasteiger partial charge on any atom is 0.305 e. The first-order valence-corrected chi connectivity index (χ1v) is 8.70. The lowest BCUT2D eigenvalue weighted by molar-refractivity contribution is -0.137. The Morgan fingerprint density at radius 3 is 2.35 bits per heavy atom.